The second kappa shape index (κ2) is 10.4. The van der Waals surface area contributed by atoms with Crippen molar-refractivity contribution in [3.05, 3.63) is 0 Å². The quantitative estimate of drug-likeness (QED) is 0.796. The smallest absolute Gasteiger partial charge is 0.0333 e. The average Bonchev–Trinajstić information content (AvgIpc) is 2.99. The van der Waals surface area contributed by atoms with Gasteiger partial charge in [0.15, 0.2) is 0 Å². The van der Waals surface area contributed by atoms with Crippen LogP contribution in [0.5, 0.6) is 0 Å². The normalized spacial score (nSPS) is 28.6. The summed E-state index contributed by atoms with van der Waals surface area (Å²) in [6, 6.07) is 0. The Morgan fingerprint density at radius 3 is 2.32 bits per heavy atom. The lowest BCUT2D eigenvalue weighted by molar-refractivity contribution is 0.0688. The van der Waals surface area contributed by atoms with Crippen molar-refractivity contribution in [3.8, 4) is 0 Å². The van der Waals surface area contributed by atoms with Crippen molar-refractivity contribution in [3.63, 3.8) is 0 Å². The minimum atomic E-state index is 0. The number of nitrogens with one attached hydrogen (secondary N) is 2. The van der Waals surface area contributed by atoms with Crippen LogP contribution in [0.15, 0.2) is 0 Å². The SMILES string of the molecule is C1CCN(C2(CNCC3CCCNC3)CCCC2)CC1.Cl.Cl. The number of halogens is 2. The maximum Gasteiger partial charge on any atom is 0.0333 e. The summed E-state index contributed by atoms with van der Waals surface area (Å²) in [6.45, 7) is 7.63. The van der Waals surface area contributed by atoms with E-state index in [9.17, 15) is 0 Å². The fourth-order valence-electron chi connectivity index (χ4n) is 4.61. The molecule has 3 rings (SSSR count). The lowest BCUT2D eigenvalue weighted by Crippen LogP contribution is -2.55. The van der Waals surface area contributed by atoms with Crippen LogP contribution in [0.1, 0.15) is 57.8 Å². The van der Waals surface area contributed by atoms with E-state index in [1.54, 1.807) is 0 Å². The van der Waals surface area contributed by atoms with E-state index in [1.165, 1.54) is 97.1 Å². The summed E-state index contributed by atoms with van der Waals surface area (Å²) < 4.78 is 0. The third kappa shape index (κ3) is 5.24. The van der Waals surface area contributed by atoms with Crippen LogP contribution in [0.3, 0.4) is 0 Å². The molecule has 5 heteroatoms. The molecular weight excluding hydrogens is 317 g/mol. The zero-order valence-corrected chi connectivity index (χ0v) is 15.6. The van der Waals surface area contributed by atoms with Crippen molar-refractivity contribution in [2.24, 2.45) is 5.92 Å². The van der Waals surface area contributed by atoms with Crippen molar-refractivity contribution < 1.29 is 0 Å². The molecule has 0 aromatic rings. The summed E-state index contributed by atoms with van der Waals surface area (Å²) in [7, 11) is 0. The molecular formula is C17H35Cl2N3. The van der Waals surface area contributed by atoms with Gasteiger partial charge in [0.25, 0.3) is 0 Å². The van der Waals surface area contributed by atoms with E-state index < -0.39 is 0 Å². The molecule has 1 aliphatic carbocycles. The largest absolute Gasteiger partial charge is 0.316 e. The number of rotatable bonds is 5. The van der Waals surface area contributed by atoms with Crippen molar-refractivity contribution in [2.75, 3.05) is 39.3 Å². The summed E-state index contributed by atoms with van der Waals surface area (Å²) >= 11 is 0. The molecule has 0 radical (unpaired) electrons. The Labute approximate surface area is 149 Å². The molecule has 0 amide bonds. The van der Waals surface area contributed by atoms with E-state index in [4.69, 9.17) is 0 Å². The predicted octanol–water partition coefficient (Wildman–Crippen LogP) is 3.22. The first-order valence-corrected chi connectivity index (χ1v) is 9.06. The predicted molar refractivity (Wildman–Crippen MR) is 99.6 cm³/mol. The van der Waals surface area contributed by atoms with E-state index in [1.807, 2.05) is 0 Å². The van der Waals surface area contributed by atoms with Crippen LogP contribution >= 0.6 is 24.8 Å². The van der Waals surface area contributed by atoms with Crippen molar-refractivity contribution in [1.82, 2.24) is 15.5 Å². The molecule has 3 nitrogen and oxygen atoms in total. The Bertz CT molecular complexity index is 284. The fraction of sp³-hybridized carbons (Fsp3) is 1.00. The highest BCUT2D eigenvalue weighted by Crippen LogP contribution is 2.36. The summed E-state index contributed by atoms with van der Waals surface area (Å²) in [4.78, 5) is 2.84. The minimum Gasteiger partial charge on any atom is -0.316 e. The van der Waals surface area contributed by atoms with Crippen molar-refractivity contribution in [1.29, 1.82) is 0 Å². The topological polar surface area (TPSA) is 27.3 Å². The first kappa shape index (κ1) is 20.5. The van der Waals surface area contributed by atoms with Gasteiger partial charge in [-0.15, -0.1) is 24.8 Å². The Morgan fingerprint density at radius 2 is 1.68 bits per heavy atom. The van der Waals surface area contributed by atoms with Gasteiger partial charge in [-0.2, -0.15) is 0 Å². The first-order valence-electron chi connectivity index (χ1n) is 9.06. The van der Waals surface area contributed by atoms with Gasteiger partial charge >= 0.3 is 0 Å². The molecule has 22 heavy (non-hydrogen) atoms. The molecule has 1 saturated carbocycles. The van der Waals surface area contributed by atoms with Gasteiger partial charge in [-0.25, -0.2) is 0 Å². The molecule has 2 saturated heterocycles. The monoisotopic (exact) mass is 351 g/mol. The Morgan fingerprint density at radius 1 is 0.955 bits per heavy atom. The molecule has 1 unspecified atom stereocenters. The molecule has 2 aliphatic heterocycles. The van der Waals surface area contributed by atoms with Gasteiger partial charge in [0.1, 0.15) is 0 Å². The molecule has 2 heterocycles. The molecule has 0 aromatic carbocycles. The van der Waals surface area contributed by atoms with Gasteiger partial charge in [-0.05, 0) is 77.2 Å². The molecule has 3 fully saturated rings. The molecule has 0 bridgehead atoms. The molecule has 132 valence electrons. The van der Waals surface area contributed by atoms with E-state index in [0.29, 0.717) is 5.54 Å². The van der Waals surface area contributed by atoms with Gasteiger partial charge in [0, 0.05) is 12.1 Å². The maximum absolute atomic E-state index is 3.85. The van der Waals surface area contributed by atoms with Crippen LogP contribution in [0, 0.1) is 5.92 Å². The van der Waals surface area contributed by atoms with Gasteiger partial charge in [-0.3, -0.25) is 4.90 Å². The zero-order chi connectivity index (χ0) is 13.7. The third-order valence-corrected chi connectivity index (χ3v) is 5.85. The van der Waals surface area contributed by atoms with Crippen LogP contribution < -0.4 is 10.6 Å². The average molecular weight is 352 g/mol. The summed E-state index contributed by atoms with van der Waals surface area (Å²) in [5, 5.41) is 7.39. The molecule has 2 N–H and O–H groups in total. The lowest BCUT2D eigenvalue weighted by Gasteiger charge is -2.44. The van der Waals surface area contributed by atoms with E-state index >= 15 is 0 Å². The Balaban J connectivity index is 0.00000121. The highest BCUT2D eigenvalue weighted by molar-refractivity contribution is 5.85. The summed E-state index contributed by atoms with van der Waals surface area (Å²) in [6.07, 6.45) is 12.8. The number of piperidine rings is 2. The van der Waals surface area contributed by atoms with E-state index in [-0.39, 0.29) is 24.8 Å². The Hall–Kier alpha value is 0.460. The van der Waals surface area contributed by atoms with Crippen LogP contribution in [0.25, 0.3) is 0 Å². The summed E-state index contributed by atoms with van der Waals surface area (Å²) in [5.74, 6) is 0.864. The number of nitrogens with zero attached hydrogens (tertiary/aromatic N) is 1. The van der Waals surface area contributed by atoms with Crippen LogP contribution in [-0.4, -0.2) is 49.7 Å². The molecule has 0 aromatic heterocycles. The number of hydrogen-bond donors (Lipinski definition) is 2. The van der Waals surface area contributed by atoms with E-state index in [0.717, 1.165) is 5.92 Å². The maximum atomic E-state index is 3.85. The standard InChI is InChI=1S/C17H33N3.2ClH/c1-4-11-20(12-5-1)17(8-2-3-9-17)15-19-14-16-7-6-10-18-13-16;;/h16,18-19H,1-15H2;2*1H. The number of likely N-dealkylation sites (tertiary alicyclic amines) is 1. The van der Waals surface area contributed by atoms with Crippen molar-refractivity contribution in [2.45, 2.75) is 63.3 Å². The molecule has 1 atom stereocenters. The second-order valence-electron chi connectivity index (χ2n) is 7.32. The van der Waals surface area contributed by atoms with Crippen LogP contribution in [0.2, 0.25) is 0 Å². The summed E-state index contributed by atoms with van der Waals surface area (Å²) in [5.41, 5.74) is 0.516. The van der Waals surface area contributed by atoms with Gasteiger partial charge in [-0.1, -0.05) is 19.3 Å². The first-order chi connectivity index (χ1) is 9.89. The van der Waals surface area contributed by atoms with Crippen LogP contribution in [0.4, 0.5) is 0 Å². The van der Waals surface area contributed by atoms with E-state index in [2.05, 4.69) is 15.5 Å². The molecule has 0 spiro atoms. The van der Waals surface area contributed by atoms with Crippen molar-refractivity contribution >= 4 is 24.8 Å². The third-order valence-electron chi connectivity index (χ3n) is 5.85. The highest BCUT2D eigenvalue weighted by atomic mass is 35.5. The van der Waals surface area contributed by atoms with Gasteiger partial charge in [0.05, 0.1) is 0 Å². The zero-order valence-electron chi connectivity index (χ0n) is 13.9. The number of hydrogen-bond acceptors (Lipinski definition) is 3. The van der Waals surface area contributed by atoms with Crippen LogP contribution in [-0.2, 0) is 0 Å². The fourth-order valence-corrected chi connectivity index (χ4v) is 4.61. The second-order valence-corrected chi connectivity index (χ2v) is 7.32. The Kier molecular flexibility index (Phi) is 9.65. The van der Waals surface area contributed by atoms with Gasteiger partial charge < -0.3 is 10.6 Å². The molecule has 3 aliphatic rings. The highest BCUT2D eigenvalue weighted by Gasteiger charge is 2.39. The minimum absolute atomic E-state index is 0. The van der Waals surface area contributed by atoms with Gasteiger partial charge in [0.2, 0.25) is 0 Å². The lowest BCUT2D eigenvalue weighted by atomic mass is 9.91.